The molecule has 0 unspecified atom stereocenters. The minimum atomic E-state index is 0.0907. The molecule has 4 nitrogen and oxygen atoms in total. The van der Waals surface area contributed by atoms with E-state index in [1.165, 1.54) is 70.6 Å². The van der Waals surface area contributed by atoms with Crippen LogP contribution in [0.2, 0.25) is 0 Å². The third-order valence-corrected chi connectivity index (χ3v) is 6.81. The minimum absolute atomic E-state index is 0.0907. The summed E-state index contributed by atoms with van der Waals surface area (Å²) in [6, 6.07) is 5.92. The highest BCUT2D eigenvalue weighted by atomic mass is 16.1. The average molecular weight is 439 g/mol. The second kappa shape index (κ2) is 13.4. The van der Waals surface area contributed by atoms with Crippen molar-refractivity contribution in [1.29, 1.82) is 0 Å². The summed E-state index contributed by atoms with van der Waals surface area (Å²) in [6.45, 7) is 2.27. The van der Waals surface area contributed by atoms with Gasteiger partial charge in [-0.3, -0.25) is 9.59 Å². The number of benzene rings is 1. The molecule has 0 aliphatic heterocycles. The van der Waals surface area contributed by atoms with Crippen molar-refractivity contribution in [3.63, 3.8) is 0 Å². The van der Waals surface area contributed by atoms with Crippen molar-refractivity contribution in [3.8, 4) is 0 Å². The van der Waals surface area contributed by atoms with Crippen LogP contribution in [-0.2, 0) is 11.2 Å². The summed E-state index contributed by atoms with van der Waals surface area (Å²) >= 11 is 0. The predicted octanol–water partition coefficient (Wildman–Crippen LogP) is 8.11. The highest BCUT2D eigenvalue weighted by molar-refractivity contribution is 6.04. The van der Waals surface area contributed by atoms with E-state index in [4.69, 9.17) is 0 Å². The van der Waals surface area contributed by atoms with Gasteiger partial charge < -0.3 is 10.3 Å². The monoisotopic (exact) mass is 438 g/mol. The Bertz CT molecular complexity index is 868. The zero-order valence-corrected chi connectivity index (χ0v) is 20.1. The second-order valence-corrected chi connectivity index (χ2v) is 9.56. The Morgan fingerprint density at radius 2 is 1.50 bits per heavy atom. The molecule has 0 radical (unpaired) electrons. The standard InChI is InChI=1S/C28H42N2O2/c1-2-3-4-5-6-7-8-9-10-11-12-13-14-18-27(32)29-22-19-20-25-24(21-22)23-16-15-17-26(31)28(23)30-25/h19-21,30H,2-18H2,1H3,(H,29,32). The summed E-state index contributed by atoms with van der Waals surface area (Å²) in [5.74, 6) is 0.295. The first-order valence-electron chi connectivity index (χ1n) is 13.2. The van der Waals surface area contributed by atoms with E-state index in [-0.39, 0.29) is 11.7 Å². The van der Waals surface area contributed by atoms with Crippen molar-refractivity contribution in [2.45, 2.75) is 116 Å². The molecule has 0 saturated carbocycles. The van der Waals surface area contributed by atoms with Crippen molar-refractivity contribution in [2.24, 2.45) is 0 Å². The molecule has 2 aromatic rings. The van der Waals surface area contributed by atoms with E-state index in [9.17, 15) is 9.59 Å². The highest BCUT2D eigenvalue weighted by Crippen LogP contribution is 2.31. The second-order valence-electron chi connectivity index (χ2n) is 9.56. The number of hydrogen-bond donors (Lipinski definition) is 2. The Morgan fingerprint density at radius 3 is 2.16 bits per heavy atom. The van der Waals surface area contributed by atoms with E-state index in [0.29, 0.717) is 12.8 Å². The van der Waals surface area contributed by atoms with Gasteiger partial charge in [-0.2, -0.15) is 0 Å². The van der Waals surface area contributed by atoms with Crippen LogP contribution in [0.15, 0.2) is 18.2 Å². The van der Waals surface area contributed by atoms with Gasteiger partial charge in [0, 0.05) is 29.4 Å². The number of aromatic amines is 1. The Labute approximate surface area is 193 Å². The average Bonchev–Trinajstić information content (AvgIpc) is 3.16. The SMILES string of the molecule is CCCCCCCCCCCCCCCC(=O)Nc1ccc2[nH]c3c(c2c1)CCCC3=O. The Hall–Kier alpha value is -2.10. The number of anilines is 1. The van der Waals surface area contributed by atoms with E-state index in [1.807, 2.05) is 18.2 Å². The number of aromatic nitrogens is 1. The lowest BCUT2D eigenvalue weighted by atomic mass is 9.94. The molecule has 1 aromatic carbocycles. The fourth-order valence-electron chi connectivity index (χ4n) is 4.90. The molecule has 4 heteroatoms. The number of H-pyrrole nitrogens is 1. The van der Waals surface area contributed by atoms with Gasteiger partial charge in [0.05, 0.1) is 5.69 Å². The molecule has 1 aliphatic rings. The number of fused-ring (bicyclic) bond motifs is 3. The normalized spacial score (nSPS) is 13.5. The maximum absolute atomic E-state index is 12.4. The van der Waals surface area contributed by atoms with Crippen LogP contribution >= 0.6 is 0 Å². The maximum atomic E-state index is 12.4. The topological polar surface area (TPSA) is 62.0 Å². The van der Waals surface area contributed by atoms with Gasteiger partial charge in [0.2, 0.25) is 5.91 Å². The summed E-state index contributed by atoms with van der Waals surface area (Å²) in [7, 11) is 0. The zero-order chi connectivity index (χ0) is 22.6. The molecule has 0 fully saturated rings. The van der Waals surface area contributed by atoms with Crippen LogP contribution in [0.1, 0.15) is 126 Å². The van der Waals surface area contributed by atoms with E-state index in [0.717, 1.165) is 53.5 Å². The third kappa shape index (κ3) is 7.50. The van der Waals surface area contributed by atoms with Gasteiger partial charge in [0.25, 0.3) is 0 Å². The van der Waals surface area contributed by atoms with Gasteiger partial charge in [-0.25, -0.2) is 0 Å². The number of carbonyl (C=O) groups excluding carboxylic acids is 2. The van der Waals surface area contributed by atoms with Gasteiger partial charge in [-0.05, 0) is 43.0 Å². The van der Waals surface area contributed by atoms with Gasteiger partial charge in [-0.1, -0.05) is 84.0 Å². The summed E-state index contributed by atoms with van der Waals surface area (Å²) in [5.41, 5.74) is 3.70. The first-order valence-corrected chi connectivity index (χ1v) is 13.2. The molecule has 1 aromatic heterocycles. The molecule has 0 saturated heterocycles. The third-order valence-electron chi connectivity index (χ3n) is 6.81. The van der Waals surface area contributed by atoms with Crippen LogP contribution in [-0.4, -0.2) is 16.7 Å². The maximum Gasteiger partial charge on any atom is 0.224 e. The van der Waals surface area contributed by atoms with Crippen LogP contribution < -0.4 is 5.32 Å². The molecule has 0 bridgehead atoms. The number of carbonyl (C=O) groups is 2. The van der Waals surface area contributed by atoms with Crippen LogP contribution in [0.3, 0.4) is 0 Å². The minimum Gasteiger partial charge on any atom is -0.352 e. The van der Waals surface area contributed by atoms with Crippen molar-refractivity contribution in [3.05, 3.63) is 29.5 Å². The molecule has 176 valence electrons. The first kappa shape index (κ1) is 24.5. The number of aryl methyl sites for hydroxylation is 1. The van der Waals surface area contributed by atoms with Gasteiger partial charge in [-0.15, -0.1) is 0 Å². The number of unbranched alkanes of at least 4 members (excludes halogenated alkanes) is 12. The number of Topliss-reactive ketones (excluding diaryl/α,β-unsaturated/α-hetero) is 1. The van der Waals surface area contributed by atoms with Crippen LogP contribution in [0.25, 0.3) is 10.9 Å². The molecule has 1 aliphatic carbocycles. The fourth-order valence-corrected chi connectivity index (χ4v) is 4.90. The Kier molecular flexibility index (Phi) is 10.3. The van der Waals surface area contributed by atoms with Gasteiger partial charge in [0.15, 0.2) is 5.78 Å². The van der Waals surface area contributed by atoms with Crippen molar-refractivity contribution in [1.82, 2.24) is 4.98 Å². The van der Waals surface area contributed by atoms with Crippen molar-refractivity contribution in [2.75, 3.05) is 5.32 Å². The molecule has 3 rings (SSSR count). The van der Waals surface area contributed by atoms with E-state index < -0.39 is 0 Å². The first-order chi connectivity index (χ1) is 15.7. The van der Waals surface area contributed by atoms with Gasteiger partial charge in [0.1, 0.15) is 0 Å². The molecular formula is C28H42N2O2. The molecule has 2 N–H and O–H groups in total. The number of rotatable bonds is 15. The van der Waals surface area contributed by atoms with Crippen LogP contribution in [0.5, 0.6) is 0 Å². The fraction of sp³-hybridized carbons (Fsp3) is 0.643. The number of amides is 1. The summed E-state index contributed by atoms with van der Waals surface area (Å²) in [4.78, 5) is 27.7. The molecule has 0 spiro atoms. The van der Waals surface area contributed by atoms with E-state index in [1.54, 1.807) is 0 Å². The largest absolute Gasteiger partial charge is 0.352 e. The van der Waals surface area contributed by atoms with Crippen molar-refractivity contribution < 1.29 is 9.59 Å². The number of hydrogen-bond acceptors (Lipinski definition) is 2. The Balaban J connectivity index is 1.26. The molecule has 32 heavy (non-hydrogen) atoms. The number of ketones is 1. The summed E-state index contributed by atoms with van der Waals surface area (Å²) < 4.78 is 0. The molecule has 1 amide bonds. The lowest BCUT2D eigenvalue weighted by molar-refractivity contribution is -0.116. The van der Waals surface area contributed by atoms with Gasteiger partial charge >= 0.3 is 0 Å². The lowest BCUT2D eigenvalue weighted by Crippen LogP contribution is -2.11. The van der Waals surface area contributed by atoms with Crippen molar-refractivity contribution >= 4 is 28.3 Å². The van der Waals surface area contributed by atoms with Crippen LogP contribution in [0.4, 0.5) is 5.69 Å². The Morgan fingerprint density at radius 1 is 0.875 bits per heavy atom. The quantitative estimate of drug-likeness (QED) is 0.276. The zero-order valence-electron chi connectivity index (χ0n) is 20.1. The smallest absolute Gasteiger partial charge is 0.224 e. The molecule has 0 atom stereocenters. The summed E-state index contributed by atoms with van der Waals surface area (Å²) in [5, 5.41) is 4.12. The molecule has 1 heterocycles. The lowest BCUT2D eigenvalue weighted by Gasteiger charge is -2.10. The number of nitrogens with one attached hydrogen (secondary N) is 2. The predicted molar refractivity (Wildman–Crippen MR) is 135 cm³/mol. The highest BCUT2D eigenvalue weighted by Gasteiger charge is 2.22. The molecular weight excluding hydrogens is 396 g/mol. The van der Waals surface area contributed by atoms with Crippen LogP contribution in [0, 0.1) is 0 Å². The van der Waals surface area contributed by atoms with E-state index in [2.05, 4.69) is 17.2 Å². The summed E-state index contributed by atoms with van der Waals surface area (Å²) in [6.07, 6.45) is 20.1. The van der Waals surface area contributed by atoms with E-state index >= 15 is 0 Å².